The maximum atomic E-state index is 13.8. The zero-order valence-corrected chi connectivity index (χ0v) is 12.7. The van der Waals surface area contributed by atoms with E-state index in [1.165, 1.54) is 19.2 Å². The van der Waals surface area contributed by atoms with Crippen molar-refractivity contribution >= 4 is 5.91 Å². The fraction of sp³-hybridized carbons (Fsp3) is 0.562. The van der Waals surface area contributed by atoms with Gasteiger partial charge in [0.1, 0.15) is 11.6 Å². The normalized spacial score (nSPS) is 12.3. The minimum Gasteiger partial charge on any atom is -0.497 e. The van der Waals surface area contributed by atoms with Gasteiger partial charge >= 0.3 is 0 Å². The maximum absolute atomic E-state index is 13.8. The second kappa shape index (κ2) is 7.88. The first-order valence-electron chi connectivity index (χ1n) is 7.08. The highest BCUT2D eigenvalue weighted by Crippen LogP contribution is 2.16. The zero-order valence-electron chi connectivity index (χ0n) is 12.7. The number of halogens is 1. The zero-order chi connectivity index (χ0) is 15.1. The van der Waals surface area contributed by atoms with Crippen molar-refractivity contribution in [3.63, 3.8) is 0 Å². The molecule has 1 atom stereocenters. The maximum Gasteiger partial charge on any atom is 0.254 e. The molecule has 0 radical (unpaired) electrons. The summed E-state index contributed by atoms with van der Waals surface area (Å²) in [5.74, 6) is 0.138. The molecule has 0 aliphatic carbocycles. The summed E-state index contributed by atoms with van der Waals surface area (Å²) in [4.78, 5) is 12.0. The van der Waals surface area contributed by atoms with Gasteiger partial charge in [-0.3, -0.25) is 4.79 Å². The molecule has 3 nitrogen and oxygen atoms in total. The van der Waals surface area contributed by atoms with Gasteiger partial charge in [0.2, 0.25) is 0 Å². The quantitative estimate of drug-likeness (QED) is 0.826. The molecule has 0 saturated carbocycles. The standard InChI is InChI=1S/C16H24FNO2/c1-11(2)6-5-7-12(3)18-16(19)14-9-8-13(20-4)10-15(14)17/h8-12H,5-7H2,1-4H3,(H,18,19). The van der Waals surface area contributed by atoms with Crippen LogP contribution in [-0.2, 0) is 0 Å². The Kier molecular flexibility index (Phi) is 6.49. The van der Waals surface area contributed by atoms with Gasteiger partial charge in [-0.25, -0.2) is 4.39 Å². The molecular formula is C16H24FNO2. The van der Waals surface area contributed by atoms with Gasteiger partial charge < -0.3 is 10.1 Å². The summed E-state index contributed by atoms with van der Waals surface area (Å²) in [6, 6.07) is 4.30. The van der Waals surface area contributed by atoms with E-state index in [0.29, 0.717) is 11.7 Å². The van der Waals surface area contributed by atoms with Gasteiger partial charge in [0.05, 0.1) is 12.7 Å². The monoisotopic (exact) mass is 281 g/mol. The van der Waals surface area contributed by atoms with Crippen molar-refractivity contribution in [2.75, 3.05) is 7.11 Å². The van der Waals surface area contributed by atoms with Crippen molar-refractivity contribution < 1.29 is 13.9 Å². The predicted octanol–water partition coefficient (Wildman–Crippen LogP) is 3.78. The fourth-order valence-corrected chi connectivity index (χ4v) is 2.01. The Hall–Kier alpha value is -1.58. The van der Waals surface area contributed by atoms with Crippen molar-refractivity contribution in [2.24, 2.45) is 5.92 Å². The van der Waals surface area contributed by atoms with E-state index >= 15 is 0 Å². The summed E-state index contributed by atoms with van der Waals surface area (Å²) in [5, 5.41) is 2.83. The Morgan fingerprint density at radius 1 is 1.30 bits per heavy atom. The smallest absolute Gasteiger partial charge is 0.254 e. The van der Waals surface area contributed by atoms with E-state index in [1.54, 1.807) is 6.07 Å². The van der Waals surface area contributed by atoms with Gasteiger partial charge in [0.25, 0.3) is 5.91 Å². The van der Waals surface area contributed by atoms with Crippen molar-refractivity contribution in [1.82, 2.24) is 5.32 Å². The number of hydrogen-bond donors (Lipinski definition) is 1. The summed E-state index contributed by atoms with van der Waals surface area (Å²) in [6.07, 6.45) is 3.10. The Morgan fingerprint density at radius 2 is 2.00 bits per heavy atom. The van der Waals surface area contributed by atoms with Crippen molar-refractivity contribution in [3.8, 4) is 5.75 Å². The van der Waals surface area contributed by atoms with E-state index in [4.69, 9.17) is 4.74 Å². The topological polar surface area (TPSA) is 38.3 Å². The molecule has 0 saturated heterocycles. The SMILES string of the molecule is COc1ccc(C(=O)NC(C)CCCC(C)C)c(F)c1. The first-order chi connectivity index (χ1) is 9.43. The molecule has 4 heteroatoms. The molecule has 0 aliphatic rings. The van der Waals surface area contributed by atoms with Crippen LogP contribution in [0.4, 0.5) is 4.39 Å². The third kappa shape index (κ3) is 5.19. The number of benzene rings is 1. The molecule has 20 heavy (non-hydrogen) atoms. The number of rotatable bonds is 7. The Balaban J connectivity index is 2.53. The minimum absolute atomic E-state index is 0.0442. The molecule has 1 aromatic rings. The highest BCUT2D eigenvalue weighted by molar-refractivity contribution is 5.94. The summed E-state index contributed by atoms with van der Waals surface area (Å²) in [7, 11) is 1.46. The molecule has 1 amide bonds. The number of methoxy groups -OCH3 is 1. The van der Waals surface area contributed by atoms with E-state index in [0.717, 1.165) is 19.3 Å². The number of carbonyl (C=O) groups excluding carboxylic acids is 1. The van der Waals surface area contributed by atoms with E-state index in [-0.39, 0.29) is 17.5 Å². The average Bonchev–Trinajstić information content (AvgIpc) is 2.37. The van der Waals surface area contributed by atoms with Crippen molar-refractivity contribution in [2.45, 2.75) is 46.1 Å². The van der Waals surface area contributed by atoms with Crippen LogP contribution in [0.25, 0.3) is 0 Å². The molecule has 0 bridgehead atoms. The molecule has 0 fully saturated rings. The Morgan fingerprint density at radius 3 is 2.55 bits per heavy atom. The first kappa shape index (κ1) is 16.5. The fourth-order valence-electron chi connectivity index (χ4n) is 2.01. The molecule has 112 valence electrons. The lowest BCUT2D eigenvalue weighted by Crippen LogP contribution is -2.33. The number of nitrogens with one attached hydrogen (secondary N) is 1. The van der Waals surface area contributed by atoms with Gasteiger partial charge in [-0.1, -0.05) is 26.7 Å². The highest BCUT2D eigenvalue weighted by atomic mass is 19.1. The van der Waals surface area contributed by atoms with Crippen LogP contribution in [-0.4, -0.2) is 19.1 Å². The number of amides is 1. The Bertz CT molecular complexity index is 446. The Labute approximate surface area is 120 Å². The number of hydrogen-bond acceptors (Lipinski definition) is 2. The highest BCUT2D eigenvalue weighted by Gasteiger charge is 2.14. The van der Waals surface area contributed by atoms with Gasteiger partial charge in [-0.05, 0) is 31.4 Å². The van der Waals surface area contributed by atoms with Crippen molar-refractivity contribution in [1.29, 1.82) is 0 Å². The molecule has 1 aromatic carbocycles. The molecule has 1 rings (SSSR count). The van der Waals surface area contributed by atoms with Crippen LogP contribution in [0.1, 0.15) is 50.4 Å². The van der Waals surface area contributed by atoms with Crippen LogP contribution >= 0.6 is 0 Å². The van der Waals surface area contributed by atoms with Gasteiger partial charge in [-0.2, -0.15) is 0 Å². The third-order valence-electron chi connectivity index (χ3n) is 3.22. The van der Waals surface area contributed by atoms with Crippen LogP contribution in [0.5, 0.6) is 5.75 Å². The average molecular weight is 281 g/mol. The lowest BCUT2D eigenvalue weighted by atomic mass is 10.0. The largest absolute Gasteiger partial charge is 0.497 e. The van der Waals surface area contributed by atoms with E-state index in [1.807, 2.05) is 6.92 Å². The number of carbonyl (C=O) groups is 1. The van der Waals surface area contributed by atoms with Crippen molar-refractivity contribution in [3.05, 3.63) is 29.6 Å². The molecule has 0 heterocycles. The second-order valence-corrected chi connectivity index (χ2v) is 5.55. The van der Waals surface area contributed by atoms with E-state index in [9.17, 15) is 9.18 Å². The molecule has 1 unspecified atom stereocenters. The van der Waals surface area contributed by atoms with Gasteiger partial charge in [0.15, 0.2) is 0 Å². The summed E-state index contributed by atoms with van der Waals surface area (Å²) in [6.45, 7) is 6.30. The molecule has 0 spiro atoms. The number of ether oxygens (including phenoxy) is 1. The summed E-state index contributed by atoms with van der Waals surface area (Å²) >= 11 is 0. The molecule has 1 N–H and O–H groups in total. The summed E-state index contributed by atoms with van der Waals surface area (Å²) in [5.41, 5.74) is 0.0570. The lowest BCUT2D eigenvalue weighted by molar-refractivity contribution is 0.0933. The molecule has 0 aliphatic heterocycles. The summed E-state index contributed by atoms with van der Waals surface area (Å²) < 4.78 is 18.7. The molecular weight excluding hydrogens is 257 g/mol. The van der Waals surface area contributed by atoms with Crippen LogP contribution in [0.3, 0.4) is 0 Å². The first-order valence-corrected chi connectivity index (χ1v) is 7.08. The third-order valence-corrected chi connectivity index (χ3v) is 3.22. The van der Waals surface area contributed by atoms with Crippen LogP contribution in [0.15, 0.2) is 18.2 Å². The second-order valence-electron chi connectivity index (χ2n) is 5.55. The van der Waals surface area contributed by atoms with Crippen LogP contribution in [0.2, 0.25) is 0 Å². The molecule has 0 aromatic heterocycles. The van der Waals surface area contributed by atoms with Crippen LogP contribution < -0.4 is 10.1 Å². The lowest BCUT2D eigenvalue weighted by Gasteiger charge is -2.15. The van der Waals surface area contributed by atoms with E-state index < -0.39 is 5.82 Å². The van der Waals surface area contributed by atoms with E-state index in [2.05, 4.69) is 19.2 Å². The van der Waals surface area contributed by atoms with Crippen LogP contribution in [0, 0.1) is 11.7 Å². The predicted molar refractivity (Wildman–Crippen MR) is 78.6 cm³/mol. The van der Waals surface area contributed by atoms with Gasteiger partial charge in [0, 0.05) is 12.1 Å². The van der Waals surface area contributed by atoms with Gasteiger partial charge in [-0.15, -0.1) is 0 Å². The minimum atomic E-state index is -0.559.